The summed E-state index contributed by atoms with van der Waals surface area (Å²) in [6, 6.07) is 24.6. The van der Waals surface area contributed by atoms with Crippen molar-refractivity contribution >= 4 is 17.6 Å². The molecule has 1 atom stereocenters. The van der Waals surface area contributed by atoms with E-state index in [1.807, 2.05) is 12.1 Å². The number of hydrogen-bond donors (Lipinski definition) is 3. The lowest BCUT2D eigenvalue weighted by Gasteiger charge is -2.16. The smallest absolute Gasteiger partial charge is 0.305 e. The number of carbonyl (C=O) groups is 2. The summed E-state index contributed by atoms with van der Waals surface area (Å²) in [5, 5.41) is 14.7. The van der Waals surface area contributed by atoms with Gasteiger partial charge in [0.1, 0.15) is 0 Å². The highest BCUT2D eigenvalue weighted by Crippen LogP contribution is 2.21. The Morgan fingerprint density at radius 3 is 2.03 bits per heavy atom. The molecule has 0 saturated heterocycles. The number of aryl methyl sites for hydroxylation is 1. The molecule has 3 aromatic carbocycles. The SMILES string of the molecule is Cc1ccc(-c2ccc(C[C@H](C)Nc3ccc(C(=O)NCCC(=O)O)cc3)cc2)cc1. The number of aliphatic carboxylic acids is 1. The van der Waals surface area contributed by atoms with E-state index in [9.17, 15) is 9.59 Å². The van der Waals surface area contributed by atoms with Crippen molar-refractivity contribution in [2.75, 3.05) is 11.9 Å². The van der Waals surface area contributed by atoms with E-state index in [1.165, 1.54) is 22.3 Å². The molecule has 31 heavy (non-hydrogen) atoms. The normalized spacial score (nSPS) is 11.5. The molecule has 0 radical (unpaired) electrons. The van der Waals surface area contributed by atoms with Crippen LogP contribution in [0, 0.1) is 6.92 Å². The molecule has 3 N–H and O–H groups in total. The summed E-state index contributed by atoms with van der Waals surface area (Å²) in [5.41, 5.74) is 6.38. The molecule has 0 aliphatic rings. The predicted octanol–water partition coefficient (Wildman–Crippen LogP) is 4.91. The van der Waals surface area contributed by atoms with Crippen LogP contribution in [0.15, 0.2) is 72.8 Å². The molecule has 0 fully saturated rings. The molecule has 0 unspecified atom stereocenters. The van der Waals surface area contributed by atoms with Crippen LogP contribution < -0.4 is 10.6 Å². The number of anilines is 1. The Hall–Kier alpha value is -3.60. The monoisotopic (exact) mass is 416 g/mol. The van der Waals surface area contributed by atoms with Gasteiger partial charge in [-0.3, -0.25) is 9.59 Å². The van der Waals surface area contributed by atoms with Gasteiger partial charge >= 0.3 is 5.97 Å². The first-order chi connectivity index (χ1) is 14.9. The van der Waals surface area contributed by atoms with Gasteiger partial charge in [-0.05, 0) is 61.2 Å². The molecule has 160 valence electrons. The molecule has 0 spiro atoms. The summed E-state index contributed by atoms with van der Waals surface area (Å²) in [5.74, 6) is -1.20. The van der Waals surface area contributed by atoms with Crippen LogP contribution in [0.3, 0.4) is 0 Å². The third-order valence-corrected chi connectivity index (χ3v) is 5.07. The fraction of sp³-hybridized carbons (Fsp3) is 0.231. The highest BCUT2D eigenvalue weighted by molar-refractivity contribution is 5.94. The van der Waals surface area contributed by atoms with Crippen LogP contribution >= 0.6 is 0 Å². The van der Waals surface area contributed by atoms with Gasteiger partial charge < -0.3 is 15.7 Å². The van der Waals surface area contributed by atoms with Crippen LogP contribution in [-0.4, -0.2) is 29.6 Å². The van der Waals surface area contributed by atoms with E-state index in [4.69, 9.17) is 5.11 Å². The van der Waals surface area contributed by atoms with Crippen molar-refractivity contribution < 1.29 is 14.7 Å². The first-order valence-electron chi connectivity index (χ1n) is 10.4. The van der Waals surface area contributed by atoms with Gasteiger partial charge in [0.2, 0.25) is 0 Å². The maximum atomic E-state index is 12.0. The van der Waals surface area contributed by atoms with Gasteiger partial charge in [0.25, 0.3) is 5.91 Å². The van der Waals surface area contributed by atoms with Crippen molar-refractivity contribution in [3.05, 3.63) is 89.5 Å². The van der Waals surface area contributed by atoms with Gasteiger partial charge in [-0.2, -0.15) is 0 Å². The molecule has 0 saturated carbocycles. The van der Waals surface area contributed by atoms with Crippen LogP contribution in [0.25, 0.3) is 11.1 Å². The molecule has 5 nitrogen and oxygen atoms in total. The summed E-state index contributed by atoms with van der Waals surface area (Å²) in [6.07, 6.45) is 0.792. The molecule has 0 heterocycles. The summed E-state index contributed by atoms with van der Waals surface area (Å²) in [7, 11) is 0. The lowest BCUT2D eigenvalue weighted by molar-refractivity contribution is -0.136. The second-order valence-electron chi connectivity index (χ2n) is 7.79. The number of hydrogen-bond acceptors (Lipinski definition) is 3. The largest absolute Gasteiger partial charge is 0.481 e. The summed E-state index contributed by atoms with van der Waals surface area (Å²) in [4.78, 5) is 22.6. The molecule has 0 aliphatic carbocycles. The minimum Gasteiger partial charge on any atom is -0.481 e. The number of carbonyl (C=O) groups excluding carboxylic acids is 1. The van der Waals surface area contributed by atoms with E-state index in [1.54, 1.807) is 12.1 Å². The minimum atomic E-state index is -0.932. The van der Waals surface area contributed by atoms with Gasteiger partial charge in [0.05, 0.1) is 6.42 Å². The Labute approximate surface area is 183 Å². The van der Waals surface area contributed by atoms with Crippen LogP contribution in [0.4, 0.5) is 5.69 Å². The maximum Gasteiger partial charge on any atom is 0.305 e. The van der Waals surface area contributed by atoms with Gasteiger partial charge in [-0.15, -0.1) is 0 Å². The van der Waals surface area contributed by atoms with Gasteiger partial charge in [0.15, 0.2) is 0 Å². The lowest BCUT2D eigenvalue weighted by Crippen LogP contribution is -2.26. The first kappa shape index (κ1) is 22.1. The zero-order valence-corrected chi connectivity index (χ0v) is 17.9. The van der Waals surface area contributed by atoms with Crippen molar-refractivity contribution in [3.63, 3.8) is 0 Å². The van der Waals surface area contributed by atoms with Crippen LogP contribution in [0.1, 0.15) is 34.8 Å². The summed E-state index contributed by atoms with van der Waals surface area (Å²) in [6.45, 7) is 4.33. The number of rotatable bonds is 9. The van der Waals surface area contributed by atoms with Crippen molar-refractivity contribution in [1.82, 2.24) is 5.32 Å². The Balaban J connectivity index is 1.52. The van der Waals surface area contributed by atoms with Crippen LogP contribution in [0.2, 0.25) is 0 Å². The quantitative estimate of drug-likeness (QED) is 0.463. The predicted molar refractivity (Wildman–Crippen MR) is 124 cm³/mol. The Kier molecular flexibility index (Phi) is 7.44. The third-order valence-electron chi connectivity index (χ3n) is 5.07. The summed E-state index contributed by atoms with van der Waals surface area (Å²) >= 11 is 0. The fourth-order valence-corrected chi connectivity index (χ4v) is 3.37. The van der Waals surface area contributed by atoms with E-state index in [2.05, 4.69) is 73.0 Å². The number of nitrogens with one attached hydrogen (secondary N) is 2. The zero-order chi connectivity index (χ0) is 22.2. The molecule has 0 bridgehead atoms. The van der Waals surface area contributed by atoms with Gasteiger partial charge in [-0.25, -0.2) is 0 Å². The highest BCUT2D eigenvalue weighted by Gasteiger charge is 2.08. The second-order valence-corrected chi connectivity index (χ2v) is 7.79. The molecule has 3 rings (SSSR count). The zero-order valence-electron chi connectivity index (χ0n) is 17.9. The maximum absolute atomic E-state index is 12.0. The van der Waals surface area contributed by atoms with E-state index in [0.29, 0.717) is 5.56 Å². The van der Waals surface area contributed by atoms with E-state index >= 15 is 0 Å². The summed E-state index contributed by atoms with van der Waals surface area (Å²) < 4.78 is 0. The van der Waals surface area contributed by atoms with E-state index in [0.717, 1.165) is 12.1 Å². The Morgan fingerprint density at radius 1 is 0.871 bits per heavy atom. The number of benzene rings is 3. The fourth-order valence-electron chi connectivity index (χ4n) is 3.37. The van der Waals surface area contributed by atoms with Crippen molar-refractivity contribution in [2.45, 2.75) is 32.7 Å². The standard InChI is InChI=1S/C26H28N2O3/c1-18-3-7-21(8-4-18)22-9-5-20(6-10-22)17-19(2)28-24-13-11-23(12-14-24)26(31)27-16-15-25(29)30/h3-14,19,28H,15-17H2,1-2H3,(H,27,31)(H,29,30)/t19-/m0/s1. The average Bonchev–Trinajstić information content (AvgIpc) is 2.75. The molecule has 0 aliphatic heterocycles. The third kappa shape index (κ3) is 6.71. The molecule has 3 aromatic rings. The number of amides is 1. The van der Waals surface area contributed by atoms with Crippen molar-refractivity contribution in [1.29, 1.82) is 0 Å². The lowest BCUT2D eigenvalue weighted by atomic mass is 10.0. The topological polar surface area (TPSA) is 78.4 Å². The highest BCUT2D eigenvalue weighted by atomic mass is 16.4. The average molecular weight is 417 g/mol. The molecule has 0 aromatic heterocycles. The van der Waals surface area contributed by atoms with Crippen molar-refractivity contribution in [2.24, 2.45) is 0 Å². The van der Waals surface area contributed by atoms with E-state index < -0.39 is 5.97 Å². The molecule has 1 amide bonds. The Bertz CT molecular complexity index is 1010. The first-order valence-corrected chi connectivity index (χ1v) is 10.4. The minimum absolute atomic E-state index is 0.0884. The van der Waals surface area contributed by atoms with E-state index in [-0.39, 0.29) is 24.9 Å². The molecular weight excluding hydrogens is 388 g/mol. The number of carboxylic acid groups (broad SMARTS) is 1. The molecule has 5 heteroatoms. The van der Waals surface area contributed by atoms with Crippen LogP contribution in [0.5, 0.6) is 0 Å². The Morgan fingerprint density at radius 2 is 1.45 bits per heavy atom. The van der Waals surface area contributed by atoms with Crippen molar-refractivity contribution in [3.8, 4) is 11.1 Å². The number of carboxylic acids is 1. The van der Waals surface area contributed by atoms with Gasteiger partial charge in [-0.1, -0.05) is 54.1 Å². The van der Waals surface area contributed by atoms with Crippen LogP contribution in [-0.2, 0) is 11.2 Å². The second kappa shape index (κ2) is 10.4. The molecular formula is C26H28N2O3. The van der Waals surface area contributed by atoms with Gasteiger partial charge in [0, 0.05) is 23.8 Å².